The third-order valence-corrected chi connectivity index (χ3v) is 3.09. The third kappa shape index (κ3) is 0.968. The highest BCUT2D eigenvalue weighted by Gasteiger charge is 2.37. The lowest BCUT2D eigenvalue weighted by Crippen LogP contribution is -2.35. The zero-order valence-corrected chi connectivity index (χ0v) is 6.77. The molecule has 3 atom stereocenters. The minimum atomic E-state index is 0.892. The number of hydrogen-bond donors (Lipinski definition) is 1. The lowest BCUT2D eigenvalue weighted by Gasteiger charge is -2.22. The Morgan fingerprint density at radius 3 is 2.80 bits per heavy atom. The Balaban J connectivity index is 1.90. The molecule has 1 heterocycles. The summed E-state index contributed by atoms with van der Waals surface area (Å²) in [4.78, 5) is 0. The number of fused-ring (bicyclic) bond motifs is 2. The lowest BCUT2D eigenvalue weighted by atomic mass is 9.96. The fourth-order valence-electron chi connectivity index (χ4n) is 2.60. The SMILES string of the molecule is CCCC1NC2CCC1C2. The number of hydrogen-bond acceptors (Lipinski definition) is 1. The average molecular weight is 139 g/mol. The quantitative estimate of drug-likeness (QED) is 0.616. The molecule has 0 radical (unpaired) electrons. The van der Waals surface area contributed by atoms with Crippen LogP contribution in [0.4, 0.5) is 0 Å². The molecule has 1 aliphatic heterocycles. The van der Waals surface area contributed by atoms with Gasteiger partial charge in [0.2, 0.25) is 0 Å². The molecule has 0 spiro atoms. The zero-order chi connectivity index (χ0) is 6.97. The van der Waals surface area contributed by atoms with Crippen molar-refractivity contribution in [1.82, 2.24) is 5.32 Å². The van der Waals surface area contributed by atoms with E-state index >= 15 is 0 Å². The van der Waals surface area contributed by atoms with Gasteiger partial charge >= 0.3 is 0 Å². The van der Waals surface area contributed by atoms with E-state index in [-0.39, 0.29) is 0 Å². The molecular formula is C9H17N. The Labute approximate surface area is 63.2 Å². The van der Waals surface area contributed by atoms with Crippen LogP contribution in [0.15, 0.2) is 0 Å². The summed E-state index contributed by atoms with van der Waals surface area (Å²) in [6.07, 6.45) is 7.18. The maximum atomic E-state index is 3.69. The van der Waals surface area contributed by atoms with Crippen LogP contribution < -0.4 is 5.32 Å². The first-order valence-electron chi connectivity index (χ1n) is 4.66. The van der Waals surface area contributed by atoms with Crippen LogP contribution in [-0.2, 0) is 0 Å². The van der Waals surface area contributed by atoms with E-state index in [1.54, 1.807) is 0 Å². The predicted molar refractivity (Wildman–Crippen MR) is 43.0 cm³/mol. The maximum Gasteiger partial charge on any atom is 0.00984 e. The van der Waals surface area contributed by atoms with Crippen molar-refractivity contribution in [1.29, 1.82) is 0 Å². The Bertz CT molecular complexity index is 122. The van der Waals surface area contributed by atoms with Gasteiger partial charge in [0.1, 0.15) is 0 Å². The van der Waals surface area contributed by atoms with Crippen molar-refractivity contribution in [2.24, 2.45) is 5.92 Å². The van der Waals surface area contributed by atoms with Crippen molar-refractivity contribution in [2.75, 3.05) is 0 Å². The maximum absolute atomic E-state index is 3.69. The third-order valence-electron chi connectivity index (χ3n) is 3.09. The molecule has 10 heavy (non-hydrogen) atoms. The number of rotatable bonds is 2. The molecule has 0 amide bonds. The van der Waals surface area contributed by atoms with Gasteiger partial charge < -0.3 is 5.32 Å². The minimum Gasteiger partial charge on any atom is -0.311 e. The summed E-state index contributed by atoms with van der Waals surface area (Å²) in [6.45, 7) is 2.29. The fraction of sp³-hybridized carbons (Fsp3) is 1.00. The van der Waals surface area contributed by atoms with E-state index in [0.29, 0.717) is 0 Å². The largest absolute Gasteiger partial charge is 0.311 e. The summed E-state index contributed by atoms with van der Waals surface area (Å²) in [7, 11) is 0. The molecule has 1 saturated heterocycles. The average Bonchev–Trinajstić information content (AvgIpc) is 2.48. The highest BCUT2D eigenvalue weighted by atomic mass is 15.0. The van der Waals surface area contributed by atoms with Crippen molar-refractivity contribution in [3.63, 3.8) is 0 Å². The van der Waals surface area contributed by atoms with Gasteiger partial charge in [0.25, 0.3) is 0 Å². The zero-order valence-electron chi connectivity index (χ0n) is 6.77. The van der Waals surface area contributed by atoms with Crippen LogP contribution in [0.3, 0.4) is 0 Å². The normalized spacial score (nSPS) is 44.7. The Morgan fingerprint density at radius 1 is 1.40 bits per heavy atom. The molecule has 2 aliphatic rings. The first-order chi connectivity index (χ1) is 4.90. The molecular weight excluding hydrogens is 122 g/mol. The van der Waals surface area contributed by atoms with E-state index in [4.69, 9.17) is 0 Å². The van der Waals surface area contributed by atoms with E-state index in [1.807, 2.05) is 0 Å². The van der Waals surface area contributed by atoms with Gasteiger partial charge in [-0.05, 0) is 31.6 Å². The molecule has 0 aromatic carbocycles. The van der Waals surface area contributed by atoms with Gasteiger partial charge in [-0.25, -0.2) is 0 Å². The van der Waals surface area contributed by atoms with Crippen molar-refractivity contribution in [2.45, 2.75) is 51.1 Å². The molecule has 2 fully saturated rings. The molecule has 2 rings (SSSR count). The van der Waals surface area contributed by atoms with Crippen molar-refractivity contribution in [3.05, 3.63) is 0 Å². The molecule has 58 valence electrons. The van der Waals surface area contributed by atoms with Crippen LogP contribution in [0.5, 0.6) is 0 Å². The summed E-state index contributed by atoms with van der Waals surface area (Å²) in [6, 6.07) is 1.80. The van der Waals surface area contributed by atoms with Crippen molar-refractivity contribution >= 4 is 0 Å². The Morgan fingerprint density at radius 2 is 2.30 bits per heavy atom. The van der Waals surface area contributed by atoms with Gasteiger partial charge in [-0.15, -0.1) is 0 Å². The van der Waals surface area contributed by atoms with Crippen LogP contribution in [0.25, 0.3) is 0 Å². The van der Waals surface area contributed by atoms with Crippen LogP contribution in [0.2, 0.25) is 0 Å². The van der Waals surface area contributed by atoms with Crippen LogP contribution in [-0.4, -0.2) is 12.1 Å². The first kappa shape index (κ1) is 6.66. The molecule has 2 bridgehead atoms. The van der Waals surface area contributed by atoms with Crippen LogP contribution in [0.1, 0.15) is 39.0 Å². The standard InChI is InChI=1S/C9H17N/c1-2-3-9-7-4-5-8(6-7)10-9/h7-10H,2-6H2,1H3. The topological polar surface area (TPSA) is 12.0 Å². The van der Waals surface area contributed by atoms with E-state index in [9.17, 15) is 0 Å². The second-order valence-electron chi connectivity index (χ2n) is 3.83. The molecule has 1 N–H and O–H groups in total. The highest BCUT2D eigenvalue weighted by Crippen LogP contribution is 2.36. The number of nitrogens with one attached hydrogen (secondary N) is 1. The molecule has 1 heteroatoms. The van der Waals surface area contributed by atoms with Gasteiger partial charge in [-0.2, -0.15) is 0 Å². The first-order valence-corrected chi connectivity index (χ1v) is 4.66. The summed E-state index contributed by atoms with van der Waals surface area (Å²) < 4.78 is 0. The minimum absolute atomic E-state index is 0.892. The highest BCUT2D eigenvalue weighted by molar-refractivity contribution is 4.96. The smallest absolute Gasteiger partial charge is 0.00984 e. The van der Waals surface area contributed by atoms with Gasteiger partial charge in [0.05, 0.1) is 0 Å². The van der Waals surface area contributed by atoms with Gasteiger partial charge in [-0.1, -0.05) is 13.3 Å². The van der Waals surface area contributed by atoms with Gasteiger partial charge in [-0.3, -0.25) is 0 Å². The van der Waals surface area contributed by atoms with Crippen molar-refractivity contribution in [3.8, 4) is 0 Å². The lowest BCUT2D eigenvalue weighted by molar-refractivity contribution is 0.361. The summed E-state index contributed by atoms with van der Waals surface area (Å²) in [5, 5.41) is 3.69. The van der Waals surface area contributed by atoms with Gasteiger partial charge in [0, 0.05) is 12.1 Å². The van der Waals surface area contributed by atoms with E-state index < -0.39 is 0 Å². The fourth-order valence-corrected chi connectivity index (χ4v) is 2.60. The van der Waals surface area contributed by atoms with E-state index in [2.05, 4.69) is 12.2 Å². The Kier molecular flexibility index (Phi) is 1.69. The molecule has 0 aromatic heterocycles. The summed E-state index contributed by atoms with van der Waals surface area (Å²) in [5.41, 5.74) is 0. The van der Waals surface area contributed by atoms with E-state index in [0.717, 1.165) is 18.0 Å². The molecule has 1 aliphatic carbocycles. The van der Waals surface area contributed by atoms with Crippen LogP contribution in [0, 0.1) is 5.92 Å². The monoisotopic (exact) mass is 139 g/mol. The second kappa shape index (κ2) is 2.54. The molecule has 0 aromatic rings. The Hall–Kier alpha value is -0.0400. The van der Waals surface area contributed by atoms with E-state index in [1.165, 1.54) is 32.1 Å². The second-order valence-corrected chi connectivity index (χ2v) is 3.83. The predicted octanol–water partition coefficient (Wildman–Crippen LogP) is 1.93. The molecule has 3 unspecified atom stereocenters. The number of piperidine rings is 1. The molecule has 1 saturated carbocycles. The van der Waals surface area contributed by atoms with Crippen LogP contribution >= 0.6 is 0 Å². The summed E-state index contributed by atoms with van der Waals surface area (Å²) in [5.74, 6) is 1.05. The summed E-state index contributed by atoms with van der Waals surface area (Å²) >= 11 is 0. The molecule has 1 nitrogen and oxygen atoms in total. The van der Waals surface area contributed by atoms with Gasteiger partial charge in [0.15, 0.2) is 0 Å². The van der Waals surface area contributed by atoms with Crippen molar-refractivity contribution < 1.29 is 0 Å².